The molecule has 4 aromatic rings. The van der Waals surface area contributed by atoms with Crippen LogP contribution in [0.3, 0.4) is 0 Å². The van der Waals surface area contributed by atoms with Crippen molar-refractivity contribution in [3.05, 3.63) is 98.8 Å². The van der Waals surface area contributed by atoms with Crippen molar-refractivity contribution in [1.29, 1.82) is 0 Å². The third kappa shape index (κ3) is 3.95. The van der Waals surface area contributed by atoms with Crippen LogP contribution in [0.5, 0.6) is 0 Å². The first-order valence-corrected chi connectivity index (χ1v) is 7.59. The van der Waals surface area contributed by atoms with Crippen molar-refractivity contribution in [2.24, 2.45) is 0 Å². The second kappa shape index (κ2) is 8.58. The molecule has 0 amide bonds. The summed E-state index contributed by atoms with van der Waals surface area (Å²) in [7, 11) is 0. The summed E-state index contributed by atoms with van der Waals surface area (Å²) in [5, 5.41) is 5.42. The molecule has 1 unspecified atom stereocenters. The van der Waals surface area contributed by atoms with Crippen LogP contribution in [0.1, 0.15) is 24.0 Å². The predicted molar refractivity (Wildman–Crippen MR) is 104 cm³/mol. The van der Waals surface area contributed by atoms with Crippen LogP contribution in [-0.4, -0.2) is 0 Å². The third-order valence-electron chi connectivity index (χ3n) is 4.43. The first-order chi connectivity index (χ1) is 10.3. The maximum Gasteiger partial charge on any atom is 4.00 e. The summed E-state index contributed by atoms with van der Waals surface area (Å²) in [5.41, 5.74) is 2.88. The van der Waals surface area contributed by atoms with Gasteiger partial charge >= 0.3 is 26.2 Å². The van der Waals surface area contributed by atoms with E-state index in [0.29, 0.717) is 5.92 Å². The van der Waals surface area contributed by atoms with Crippen LogP contribution in [0.15, 0.2) is 72.8 Å². The van der Waals surface area contributed by atoms with Crippen molar-refractivity contribution in [2.45, 2.75) is 19.3 Å². The minimum absolute atomic E-state index is 0. The predicted octanol–water partition coefficient (Wildman–Crippen LogP) is 6.68. The summed E-state index contributed by atoms with van der Waals surface area (Å²) in [6.45, 7) is 2.33. The molecule has 0 saturated carbocycles. The van der Waals surface area contributed by atoms with Gasteiger partial charge in [-0.1, -0.05) is 19.1 Å². The molecule has 0 fully saturated rings. The average Bonchev–Trinajstić information content (AvgIpc) is 3.10. The number of benzene rings is 2. The van der Waals surface area contributed by atoms with Gasteiger partial charge in [0.15, 0.2) is 0 Å². The Kier molecular flexibility index (Phi) is 7.36. The fourth-order valence-corrected chi connectivity index (χ4v) is 3.26. The van der Waals surface area contributed by atoms with E-state index in [0.717, 1.165) is 6.42 Å². The van der Waals surface area contributed by atoms with Gasteiger partial charge in [-0.3, -0.25) is 0 Å². The van der Waals surface area contributed by atoms with Crippen LogP contribution in [0.2, 0.25) is 0 Å². The Morgan fingerprint density at radius 2 is 1.33 bits per heavy atom. The molecule has 120 valence electrons. The van der Waals surface area contributed by atoms with Crippen molar-refractivity contribution >= 4 is 21.5 Å². The van der Waals surface area contributed by atoms with E-state index in [9.17, 15) is 0 Å². The molecule has 0 aliphatic carbocycles. The first kappa shape index (κ1) is 20.6. The minimum Gasteiger partial charge on any atom is -0.358 e. The van der Waals surface area contributed by atoms with Crippen LogP contribution in [-0.2, 0) is 32.6 Å². The van der Waals surface area contributed by atoms with Gasteiger partial charge in [0.1, 0.15) is 0 Å². The molecule has 24 heavy (non-hydrogen) atoms. The Bertz CT molecular complexity index is 828. The Balaban J connectivity index is 0.000000960. The summed E-state index contributed by atoms with van der Waals surface area (Å²) >= 11 is 0. The molecule has 0 nitrogen and oxygen atoms in total. The van der Waals surface area contributed by atoms with Gasteiger partial charge in [0, 0.05) is 0 Å². The topological polar surface area (TPSA) is 0 Å². The van der Waals surface area contributed by atoms with Gasteiger partial charge in [-0.15, -0.1) is 81.2 Å². The molecule has 1 heteroatoms. The number of hydrogen-bond donors (Lipinski definition) is 0. The molecule has 0 aliphatic rings. The maximum atomic E-state index is 2.34. The van der Waals surface area contributed by atoms with Gasteiger partial charge in [0.2, 0.25) is 0 Å². The molecular weight excluding hydrogens is 367 g/mol. The van der Waals surface area contributed by atoms with Gasteiger partial charge in [-0.05, 0) is 12.3 Å². The molecule has 0 aliphatic heterocycles. The molecule has 0 N–H and O–H groups in total. The quantitative estimate of drug-likeness (QED) is 0.342. The van der Waals surface area contributed by atoms with E-state index in [1.807, 2.05) is 0 Å². The molecule has 0 saturated heterocycles. The molecular formula is C23H24Zr. The standard InChI is InChI=1S/C21H18.2CH3.Zr/c1-15(21-13-19-8-4-5-9-20(19)14-21)10-16-11-17-6-2-3-7-18(17)12-16;;;/h2-9,11-15H,10H2,1H3;2*1H3;/q-2;2*-1;+4. The second-order valence-corrected chi connectivity index (χ2v) is 6.02. The second-order valence-electron chi connectivity index (χ2n) is 6.02. The molecule has 0 radical (unpaired) electrons. The minimum atomic E-state index is 0. The fraction of sp³-hybridized carbons (Fsp3) is 0.130. The Labute approximate surface area is 165 Å². The van der Waals surface area contributed by atoms with Crippen LogP contribution >= 0.6 is 0 Å². The fourth-order valence-electron chi connectivity index (χ4n) is 3.26. The molecule has 1 atom stereocenters. The Hall–Kier alpha value is -1.46. The summed E-state index contributed by atoms with van der Waals surface area (Å²) in [6.07, 6.45) is 1.10. The van der Waals surface area contributed by atoms with E-state index in [1.165, 1.54) is 32.7 Å². The summed E-state index contributed by atoms with van der Waals surface area (Å²) in [4.78, 5) is 0. The SMILES string of the molecule is CC(Cc1cc2ccccc2[cH-]1)c1cc2ccccc2[cH-]1.[CH3-].[CH3-].[Zr+4]. The molecule has 4 rings (SSSR count). The van der Waals surface area contributed by atoms with Crippen LogP contribution in [0, 0.1) is 14.9 Å². The monoisotopic (exact) mass is 390 g/mol. The van der Waals surface area contributed by atoms with Crippen molar-refractivity contribution in [3.8, 4) is 0 Å². The average molecular weight is 392 g/mol. The van der Waals surface area contributed by atoms with Crippen molar-refractivity contribution < 1.29 is 26.2 Å². The van der Waals surface area contributed by atoms with E-state index >= 15 is 0 Å². The van der Waals surface area contributed by atoms with Gasteiger partial charge in [0.05, 0.1) is 0 Å². The van der Waals surface area contributed by atoms with E-state index < -0.39 is 0 Å². The molecule has 0 bridgehead atoms. The normalized spacial score (nSPS) is 11.4. The third-order valence-corrected chi connectivity index (χ3v) is 4.43. The van der Waals surface area contributed by atoms with Crippen LogP contribution in [0.25, 0.3) is 21.5 Å². The molecule has 4 aromatic carbocycles. The maximum absolute atomic E-state index is 2.34. The summed E-state index contributed by atoms with van der Waals surface area (Å²) < 4.78 is 0. The zero-order chi connectivity index (χ0) is 14.2. The summed E-state index contributed by atoms with van der Waals surface area (Å²) in [5.74, 6) is 0.550. The van der Waals surface area contributed by atoms with Gasteiger partial charge < -0.3 is 14.9 Å². The smallest absolute Gasteiger partial charge is 0.358 e. The number of rotatable bonds is 3. The molecule has 0 heterocycles. The van der Waals surface area contributed by atoms with Gasteiger partial charge in [-0.2, -0.15) is 12.1 Å². The van der Waals surface area contributed by atoms with E-state index in [4.69, 9.17) is 0 Å². The van der Waals surface area contributed by atoms with Crippen molar-refractivity contribution in [2.75, 3.05) is 0 Å². The number of fused-ring (bicyclic) bond motifs is 2. The van der Waals surface area contributed by atoms with Crippen molar-refractivity contribution in [3.63, 3.8) is 0 Å². The Morgan fingerprint density at radius 1 is 0.792 bits per heavy atom. The first-order valence-electron chi connectivity index (χ1n) is 7.59. The molecule has 0 aromatic heterocycles. The van der Waals surface area contributed by atoms with E-state index in [-0.39, 0.29) is 41.1 Å². The zero-order valence-electron chi connectivity index (χ0n) is 14.7. The Morgan fingerprint density at radius 3 is 1.92 bits per heavy atom. The van der Waals surface area contributed by atoms with Crippen LogP contribution in [0.4, 0.5) is 0 Å². The largest absolute Gasteiger partial charge is 4.00 e. The van der Waals surface area contributed by atoms with E-state index in [1.54, 1.807) is 0 Å². The van der Waals surface area contributed by atoms with Gasteiger partial charge in [-0.25, -0.2) is 0 Å². The van der Waals surface area contributed by atoms with Gasteiger partial charge in [0.25, 0.3) is 0 Å². The van der Waals surface area contributed by atoms with Crippen molar-refractivity contribution in [1.82, 2.24) is 0 Å². The van der Waals surface area contributed by atoms with E-state index in [2.05, 4.69) is 79.7 Å². The molecule has 0 spiro atoms. The number of hydrogen-bond acceptors (Lipinski definition) is 0. The van der Waals surface area contributed by atoms with Crippen LogP contribution < -0.4 is 0 Å². The summed E-state index contributed by atoms with van der Waals surface area (Å²) in [6, 6.07) is 26.6. The zero-order valence-corrected chi connectivity index (χ0v) is 17.2.